The minimum atomic E-state index is -0.0931. The monoisotopic (exact) mass is 234 g/mol. The van der Waals surface area contributed by atoms with Crippen LogP contribution in [0, 0.1) is 22.7 Å². The van der Waals surface area contributed by atoms with Crippen molar-refractivity contribution in [3.05, 3.63) is 11.6 Å². The molecule has 3 nitrogen and oxygen atoms in total. The van der Waals surface area contributed by atoms with E-state index in [2.05, 4.69) is 19.9 Å². The summed E-state index contributed by atoms with van der Waals surface area (Å²) < 4.78 is 5.16. The van der Waals surface area contributed by atoms with Crippen molar-refractivity contribution in [2.45, 2.75) is 33.1 Å². The zero-order valence-electron chi connectivity index (χ0n) is 10.4. The van der Waals surface area contributed by atoms with Crippen LogP contribution in [0.4, 0.5) is 0 Å². The number of esters is 1. The molecule has 3 heteroatoms. The molecule has 0 radical (unpaired) electrons. The highest BCUT2D eigenvalue weighted by Crippen LogP contribution is 2.64. The van der Waals surface area contributed by atoms with Gasteiger partial charge in [-0.05, 0) is 35.2 Å². The number of carbonyl (C=O) groups is 2. The quantitative estimate of drug-likeness (QED) is 0.515. The van der Waals surface area contributed by atoms with Crippen LogP contribution in [0.15, 0.2) is 11.6 Å². The highest BCUT2D eigenvalue weighted by Gasteiger charge is 2.60. The van der Waals surface area contributed by atoms with E-state index in [-0.39, 0.29) is 22.7 Å². The van der Waals surface area contributed by atoms with Crippen LogP contribution in [0.5, 0.6) is 0 Å². The van der Waals surface area contributed by atoms with Crippen molar-refractivity contribution in [2.24, 2.45) is 22.7 Å². The van der Waals surface area contributed by atoms with E-state index in [1.54, 1.807) is 0 Å². The Morgan fingerprint density at radius 1 is 1.47 bits per heavy atom. The van der Waals surface area contributed by atoms with Gasteiger partial charge in [-0.25, -0.2) is 0 Å². The molecule has 3 rings (SSSR count). The smallest absolute Gasteiger partial charge is 0.306 e. The molecule has 1 spiro atoms. The molecule has 0 unspecified atom stereocenters. The summed E-state index contributed by atoms with van der Waals surface area (Å²) in [7, 11) is 0. The van der Waals surface area contributed by atoms with E-state index >= 15 is 0 Å². The average Bonchev–Trinajstić information content (AvgIpc) is 2.62. The number of aldehydes is 1. The molecule has 3 atom stereocenters. The van der Waals surface area contributed by atoms with Gasteiger partial charge in [-0.3, -0.25) is 9.59 Å². The topological polar surface area (TPSA) is 43.4 Å². The van der Waals surface area contributed by atoms with Crippen molar-refractivity contribution < 1.29 is 14.3 Å². The predicted octanol–water partition coefficient (Wildman–Crippen LogP) is 2.11. The Labute approximate surface area is 101 Å². The molecule has 1 saturated carbocycles. The van der Waals surface area contributed by atoms with E-state index in [1.165, 1.54) is 0 Å². The van der Waals surface area contributed by atoms with Gasteiger partial charge in [0, 0.05) is 5.92 Å². The van der Waals surface area contributed by atoms with Crippen molar-refractivity contribution in [2.75, 3.05) is 6.61 Å². The lowest BCUT2D eigenvalue weighted by Gasteiger charge is -2.40. The van der Waals surface area contributed by atoms with E-state index in [0.29, 0.717) is 18.9 Å². The molecule has 1 heterocycles. The summed E-state index contributed by atoms with van der Waals surface area (Å²) >= 11 is 0. The molecule has 0 aromatic carbocycles. The lowest BCUT2D eigenvalue weighted by atomic mass is 9.67. The molecule has 3 aliphatic rings. The normalized spacial score (nSPS) is 42.5. The Balaban J connectivity index is 2.03. The van der Waals surface area contributed by atoms with Crippen LogP contribution >= 0.6 is 0 Å². The molecule has 1 aliphatic heterocycles. The summed E-state index contributed by atoms with van der Waals surface area (Å²) in [5.41, 5.74) is 1.11. The Bertz CT molecular complexity index is 421. The molecule has 0 aromatic heterocycles. The Kier molecular flexibility index (Phi) is 2.08. The number of hydrogen-bond donors (Lipinski definition) is 0. The van der Waals surface area contributed by atoms with Gasteiger partial charge >= 0.3 is 5.97 Å². The van der Waals surface area contributed by atoms with E-state index in [0.717, 1.165) is 24.7 Å². The number of ether oxygens (including phenoxy) is 1. The van der Waals surface area contributed by atoms with Crippen LogP contribution in [-0.2, 0) is 14.3 Å². The first-order valence-corrected chi connectivity index (χ1v) is 6.29. The Morgan fingerprint density at radius 2 is 2.24 bits per heavy atom. The van der Waals surface area contributed by atoms with Gasteiger partial charge in [0.1, 0.15) is 6.29 Å². The summed E-state index contributed by atoms with van der Waals surface area (Å²) in [6.07, 6.45) is 5.65. The number of cyclic esters (lactones) is 1. The predicted molar refractivity (Wildman–Crippen MR) is 62.2 cm³/mol. The Morgan fingerprint density at radius 3 is 2.94 bits per heavy atom. The number of carbonyl (C=O) groups excluding carboxylic acids is 2. The van der Waals surface area contributed by atoms with Crippen LogP contribution in [0.25, 0.3) is 0 Å². The summed E-state index contributed by atoms with van der Waals surface area (Å²) in [4.78, 5) is 22.7. The third-order valence-electron chi connectivity index (χ3n) is 4.83. The second-order valence-electron chi connectivity index (χ2n) is 6.58. The van der Waals surface area contributed by atoms with Crippen molar-refractivity contribution in [3.8, 4) is 0 Å². The van der Waals surface area contributed by atoms with Gasteiger partial charge in [0.25, 0.3) is 0 Å². The minimum absolute atomic E-state index is 0.0188. The van der Waals surface area contributed by atoms with Crippen molar-refractivity contribution >= 4 is 12.3 Å². The number of hydrogen-bond acceptors (Lipinski definition) is 3. The number of allylic oxidation sites excluding steroid dienone is 1. The molecule has 2 fully saturated rings. The average molecular weight is 234 g/mol. The van der Waals surface area contributed by atoms with Gasteiger partial charge in [0.15, 0.2) is 0 Å². The molecule has 0 amide bonds. The highest BCUT2D eigenvalue weighted by atomic mass is 16.5. The second-order valence-corrected chi connectivity index (χ2v) is 6.58. The van der Waals surface area contributed by atoms with E-state index < -0.39 is 0 Å². The second kappa shape index (κ2) is 3.21. The Hall–Kier alpha value is -1.12. The third-order valence-corrected chi connectivity index (χ3v) is 4.83. The maximum absolute atomic E-state index is 11.6. The summed E-state index contributed by atoms with van der Waals surface area (Å²) in [5, 5.41) is 0. The minimum Gasteiger partial charge on any atom is -0.465 e. The van der Waals surface area contributed by atoms with E-state index in [9.17, 15) is 9.59 Å². The maximum atomic E-state index is 11.6. The van der Waals surface area contributed by atoms with Crippen molar-refractivity contribution in [3.63, 3.8) is 0 Å². The summed E-state index contributed by atoms with van der Waals surface area (Å²) in [6, 6.07) is 0. The molecule has 1 saturated heterocycles. The molecule has 17 heavy (non-hydrogen) atoms. The van der Waals surface area contributed by atoms with Crippen LogP contribution in [0.2, 0.25) is 0 Å². The zero-order valence-corrected chi connectivity index (χ0v) is 10.4. The van der Waals surface area contributed by atoms with E-state index in [4.69, 9.17) is 4.74 Å². The van der Waals surface area contributed by atoms with Crippen LogP contribution < -0.4 is 0 Å². The molecule has 92 valence electrons. The first-order valence-electron chi connectivity index (χ1n) is 6.29. The zero-order chi connectivity index (χ0) is 12.3. The van der Waals surface area contributed by atoms with Gasteiger partial charge in [0.05, 0.1) is 13.0 Å². The summed E-state index contributed by atoms with van der Waals surface area (Å²) in [5.74, 6) is 0.435. The largest absolute Gasteiger partial charge is 0.465 e. The van der Waals surface area contributed by atoms with Gasteiger partial charge in [-0.15, -0.1) is 0 Å². The first kappa shape index (κ1) is 11.0. The van der Waals surface area contributed by atoms with Gasteiger partial charge in [-0.2, -0.15) is 0 Å². The fourth-order valence-electron chi connectivity index (χ4n) is 4.38. The fourth-order valence-corrected chi connectivity index (χ4v) is 4.38. The molecule has 2 aliphatic carbocycles. The molecule has 0 N–H and O–H groups in total. The lowest BCUT2D eigenvalue weighted by molar-refractivity contribution is -0.158. The fraction of sp³-hybridized carbons (Fsp3) is 0.714. The van der Waals surface area contributed by atoms with Gasteiger partial charge in [-0.1, -0.05) is 19.9 Å². The molecular formula is C14H18O3. The molecule has 0 bridgehead atoms. The van der Waals surface area contributed by atoms with Crippen molar-refractivity contribution in [1.29, 1.82) is 0 Å². The molecule has 0 aromatic rings. The van der Waals surface area contributed by atoms with Gasteiger partial charge < -0.3 is 4.74 Å². The number of rotatable bonds is 1. The van der Waals surface area contributed by atoms with Crippen molar-refractivity contribution in [1.82, 2.24) is 0 Å². The van der Waals surface area contributed by atoms with Gasteiger partial charge in [0.2, 0.25) is 0 Å². The highest BCUT2D eigenvalue weighted by molar-refractivity contribution is 5.79. The standard InChI is InChI=1S/C14H18O3/c1-13(2)4-10-3-9(6-15)11-7-17-12(16)5-14(10,11)8-13/h3,6,10-11H,4-5,7-8H2,1-2H3/t10-,11+,14+/m1/s1. The summed E-state index contributed by atoms with van der Waals surface area (Å²) in [6.45, 7) is 4.91. The third kappa shape index (κ3) is 1.41. The van der Waals surface area contributed by atoms with Crippen LogP contribution in [0.3, 0.4) is 0 Å². The SMILES string of the molecule is CC1(C)C[C@H]2C=C(C=O)[C@@H]3COC(=O)C[C@]23C1. The van der Waals surface area contributed by atoms with E-state index in [1.807, 2.05) is 0 Å². The maximum Gasteiger partial charge on any atom is 0.306 e. The lowest BCUT2D eigenvalue weighted by Crippen LogP contribution is -2.41. The van der Waals surface area contributed by atoms with Crippen LogP contribution in [-0.4, -0.2) is 18.9 Å². The molecular weight excluding hydrogens is 216 g/mol. The van der Waals surface area contributed by atoms with Crippen LogP contribution in [0.1, 0.15) is 33.1 Å². The first-order chi connectivity index (χ1) is 7.97.